The van der Waals surface area contributed by atoms with Crippen LogP contribution in [0.4, 0.5) is 0 Å². The maximum atomic E-state index is 12.5. The first kappa shape index (κ1) is 17.6. The Bertz CT molecular complexity index is 564. The third kappa shape index (κ3) is 4.55. The Kier molecular flexibility index (Phi) is 5.78. The summed E-state index contributed by atoms with van der Waals surface area (Å²) in [7, 11) is -3.62. The van der Waals surface area contributed by atoms with Gasteiger partial charge in [-0.05, 0) is 52.4 Å². The number of rotatable bonds is 5. The van der Waals surface area contributed by atoms with E-state index >= 15 is 0 Å². The van der Waals surface area contributed by atoms with Gasteiger partial charge in [-0.25, -0.2) is 13.1 Å². The van der Waals surface area contributed by atoms with Crippen LogP contribution in [0.2, 0.25) is 0 Å². The van der Waals surface area contributed by atoms with E-state index in [0.29, 0.717) is 10.9 Å². The van der Waals surface area contributed by atoms with Crippen LogP contribution in [0, 0.1) is 12.3 Å². The third-order valence-electron chi connectivity index (χ3n) is 3.14. The third-order valence-corrected chi connectivity index (χ3v) is 5.59. The van der Waals surface area contributed by atoms with Crippen LogP contribution < -0.4 is 4.72 Å². The summed E-state index contributed by atoms with van der Waals surface area (Å²) in [6.45, 7) is 7.68. The Morgan fingerprint density at radius 3 is 2.40 bits per heavy atom. The van der Waals surface area contributed by atoms with Gasteiger partial charge in [0.2, 0.25) is 10.0 Å². The van der Waals surface area contributed by atoms with Crippen molar-refractivity contribution in [1.82, 2.24) is 4.72 Å². The van der Waals surface area contributed by atoms with Gasteiger partial charge in [-0.1, -0.05) is 26.8 Å². The summed E-state index contributed by atoms with van der Waals surface area (Å²) in [6, 6.07) is 4.79. The van der Waals surface area contributed by atoms with E-state index in [1.165, 1.54) is 0 Å². The van der Waals surface area contributed by atoms with Crippen molar-refractivity contribution in [1.29, 1.82) is 0 Å². The molecule has 0 amide bonds. The highest BCUT2D eigenvalue weighted by Gasteiger charge is 2.30. The van der Waals surface area contributed by atoms with Gasteiger partial charge in [0.1, 0.15) is 0 Å². The Labute approximate surface area is 129 Å². The minimum atomic E-state index is -3.62. The average Bonchev–Trinajstić information content (AvgIpc) is 2.26. The Balaban J connectivity index is 3.10. The number of aliphatic hydroxyl groups excluding tert-OH is 1. The minimum Gasteiger partial charge on any atom is -0.396 e. The van der Waals surface area contributed by atoms with E-state index < -0.39 is 10.0 Å². The standard InChI is InChI=1S/C14H22BrNO3S/c1-10-5-6-12(11(15)9-10)20(18,19)16-13(7-8-17)14(2,3)4/h5-6,9,13,16-17H,7-8H2,1-4H3. The molecule has 1 aromatic carbocycles. The van der Waals surface area contributed by atoms with Gasteiger partial charge in [0.05, 0.1) is 4.90 Å². The van der Waals surface area contributed by atoms with E-state index in [4.69, 9.17) is 5.11 Å². The van der Waals surface area contributed by atoms with Gasteiger partial charge in [-0.2, -0.15) is 0 Å². The highest BCUT2D eigenvalue weighted by atomic mass is 79.9. The topological polar surface area (TPSA) is 66.4 Å². The fourth-order valence-electron chi connectivity index (χ4n) is 1.87. The second kappa shape index (κ2) is 6.56. The summed E-state index contributed by atoms with van der Waals surface area (Å²) in [6.07, 6.45) is 0.381. The lowest BCUT2D eigenvalue weighted by molar-refractivity contribution is 0.214. The molecule has 4 nitrogen and oxygen atoms in total. The van der Waals surface area contributed by atoms with E-state index in [2.05, 4.69) is 20.7 Å². The molecular formula is C14H22BrNO3S. The van der Waals surface area contributed by atoms with Crippen LogP contribution in [0.25, 0.3) is 0 Å². The zero-order valence-corrected chi connectivity index (χ0v) is 14.7. The molecule has 0 fully saturated rings. The van der Waals surface area contributed by atoms with Crippen molar-refractivity contribution in [3.8, 4) is 0 Å². The average molecular weight is 364 g/mol. The van der Waals surface area contributed by atoms with E-state index in [1.807, 2.05) is 27.7 Å². The molecule has 0 aliphatic carbocycles. The Hall–Kier alpha value is -0.430. The predicted molar refractivity (Wildman–Crippen MR) is 84.1 cm³/mol. The van der Waals surface area contributed by atoms with Gasteiger partial charge in [-0.3, -0.25) is 0 Å². The highest BCUT2D eigenvalue weighted by molar-refractivity contribution is 9.10. The van der Waals surface area contributed by atoms with Crippen LogP contribution in [0.5, 0.6) is 0 Å². The van der Waals surface area contributed by atoms with E-state index in [9.17, 15) is 8.42 Å². The van der Waals surface area contributed by atoms with Crippen molar-refractivity contribution in [2.75, 3.05) is 6.61 Å². The van der Waals surface area contributed by atoms with Crippen LogP contribution in [0.3, 0.4) is 0 Å². The number of nitrogens with one attached hydrogen (secondary N) is 1. The summed E-state index contributed by atoms with van der Waals surface area (Å²) >= 11 is 3.29. The Morgan fingerprint density at radius 2 is 1.95 bits per heavy atom. The number of hydrogen-bond acceptors (Lipinski definition) is 3. The number of hydrogen-bond donors (Lipinski definition) is 2. The van der Waals surface area contributed by atoms with Crippen molar-refractivity contribution in [3.63, 3.8) is 0 Å². The van der Waals surface area contributed by atoms with Crippen LogP contribution in [-0.4, -0.2) is 26.2 Å². The fourth-order valence-corrected chi connectivity index (χ4v) is 4.54. The normalized spacial score (nSPS) is 14.3. The molecule has 0 radical (unpaired) electrons. The molecule has 1 atom stereocenters. The molecule has 1 unspecified atom stereocenters. The lowest BCUT2D eigenvalue weighted by Crippen LogP contribution is -2.44. The van der Waals surface area contributed by atoms with Gasteiger partial charge >= 0.3 is 0 Å². The number of benzene rings is 1. The molecular weight excluding hydrogens is 342 g/mol. The molecule has 0 saturated heterocycles. The Morgan fingerprint density at radius 1 is 1.35 bits per heavy atom. The predicted octanol–water partition coefficient (Wildman–Crippen LogP) is 2.83. The number of halogens is 1. The van der Waals surface area contributed by atoms with Gasteiger partial charge < -0.3 is 5.11 Å². The van der Waals surface area contributed by atoms with Gasteiger partial charge in [0.25, 0.3) is 0 Å². The fraction of sp³-hybridized carbons (Fsp3) is 0.571. The molecule has 0 aliphatic rings. The van der Waals surface area contributed by atoms with Crippen LogP contribution >= 0.6 is 15.9 Å². The first-order valence-corrected chi connectivity index (χ1v) is 8.75. The second-order valence-electron chi connectivity index (χ2n) is 5.99. The molecule has 6 heteroatoms. The zero-order valence-electron chi connectivity index (χ0n) is 12.3. The van der Waals surface area contributed by atoms with Gasteiger partial charge in [0.15, 0.2) is 0 Å². The summed E-state index contributed by atoms with van der Waals surface area (Å²) < 4.78 is 28.2. The monoisotopic (exact) mass is 363 g/mol. The molecule has 0 aliphatic heterocycles. The minimum absolute atomic E-state index is 0.0560. The largest absolute Gasteiger partial charge is 0.396 e. The summed E-state index contributed by atoms with van der Waals surface area (Å²) in [4.78, 5) is 0.218. The molecule has 0 saturated carbocycles. The van der Waals surface area contributed by atoms with Crippen molar-refractivity contribution < 1.29 is 13.5 Å². The van der Waals surface area contributed by atoms with E-state index in [1.54, 1.807) is 18.2 Å². The van der Waals surface area contributed by atoms with Crippen molar-refractivity contribution in [2.45, 2.75) is 45.1 Å². The highest BCUT2D eigenvalue weighted by Crippen LogP contribution is 2.27. The summed E-state index contributed by atoms with van der Waals surface area (Å²) in [5, 5.41) is 9.11. The van der Waals surface area contributed by atoms with Gasteiger partial charge in [-0.15, -0.1) is 0 Å². The molecule has 1 rings (SSSR count). The molecule has 2 N–H and O–H groups in total. The molecule has 114 valence electrons. The molecule has 0 spiro atoms. The van der Waals surface area contributed by atoms with Crippen molar-refractivity contribution >= 4 is 26.0 Å². The van der Waals surface area contributed by atoms with E-state index in [-0.39, 0.29) is 23.0 Å². The second-order valence-corrected chi connectivity index (χ2v) is 8.52. The number of aryl methyl sites for hydroxylation is 1. The van der Waals surface area contributed by atoms with Crippen LogP contribution in [-0.2, 0) is 10.0 Å². The van der Waals surface area contributed by atoms with Crippen molar-refractivity contribution in [3.05, 3.63) is 28.2 Å². The van der Waals surface area contributed by atoms with Crippen LogP contribution in [0.15, 0.2) is 27.6 Å². The summed E-state index contributed by atoms with van der Waals surface area (Å²) in [5.74, 6) is 0. The van der Waals surface area contributed by atoms with Crippen LogP contribution in [0.1, 0.15) is 32.8 Å². The zero-order chi connectivity index (χ0) is 15.6. The number of sulfonamides is 1. The first-order valence-electron chi connectivity index (χ1n) is 6.47. The lowest BCUT2D eigenvalue weighted by Gasteiger charge is -2.31. The SMILES string of the molecule is Cc1ccc(S(=O)(=O)NC(CCO)C(C)(C)C)c(Br)c1. The van der Waals surface area contributed by atoms with Crippen molar-refractivity contribution in [2.24, 2.45) is 5.41 Å². The molecule has 1 aromatic rings. The molecule has 0 aromatic heterocycles. The summed E-state index contributed by atoms with van der Waals surface area (Å²) in [5.41, 5.74) is 0.714. The lowest BCUT2D eigenvalue weighted by atomic mass is 9.86. The smallest absolute Gasteiger partial charge is 0.241 e. The first-order chi connectivity index (χ1) is 9.08. The number of aliphatic hydroxyl groups is 1. The van der Waals surface area contributed by atoms with E-state index in [0.717, 1.165) is 5.56 Å². The quantitative estimate of drug-likeness (QED) is 0.844. The maximum Gasteiger partial charge on any atom is 0.241 e. The molecule has 0 heterocycles. The maximum absolute atomic E-state index is 12.5. The van der Waals surface area contributed by atoms with Gasteiger partial charge in [0, 0.05) is 17.1 Å². The molecule has 20 heavy (non-hydrogen) atoms. The molecule has 0 bridgehead atoms.